The Balaban J connectivity index is 1.97. The standard InChI is InChI=1S/C19H34N/c1-3-5-6-7-8-9-10-11-12-13-16-19-17-14-15-18-20(19)4-2/h14-15,17-18H,3-13,16H2,1-2H3/q+1. The highest BCUT2D eigenvalue weighted by atomic mass is 14.9. The van der Waals surface area contributed by atoms with Crippen LogP contribution in [0.25, 0.3) is 0 Å². The highest BCUT2D eigenvalue weighted by Gasteiger charge is 2.05. The summed E-state index contributed by atoms with van der Waals surface area (Å²) >= 11 is 0. The number of hydrogen-bond acceptors (Lipinski definition) is 0. The molecule has 0 aromatic carbocycles. The molecule has 0 atom stereocenters. The lowest BCUT2D eigenvalue weighted by molar-refractivity contribution is -0.700. The molecular formula is C19H34N+. The van der Waals surface area contributed by atoms with Crippen LogP contribution in [0.15, 0.2) is 24.4 Å². The summed E-state index contributed by atoms with van der Waals surface area (Å²) in [4.78, 5) is 0. The predicted molar refractivity (Wildman–Crippen MR) is 87.9 cm³/mol. The molecule has 0 bridgehead atoms. The number of rotatable bonds is 12. The van der Waals surface area contributed by atoms with Crippen molar-refractivity contribution in [1.82, 2.24) is 0 Å². The second-order valence-corrected chi connectivity index (χ2v) is 5.91. The molecule has 0 fully saturated rings. The maximum absolute atomic E-state index is 2.37. The molecule has 1 heterocycles. The minimum absolute atomic E-state index is 1.09. The molecule has 1 heteroatoms. The Labute approximate surface area is 126 Å². The fraction of sp³-hybridized carbons (Fsp3) is 0.737. The number of pyridine rings is 1. The van der Waals surface area contributed by atoms with Gasteiger partial charge in [0.1, 0.15) is 6.54 Å². The minimum Gasteiger partial charge on any atom is -0.203 e. The van der Waals surface area contributed by atoms with E-state index >= 15 is 0 Å². The number of nitrogens with zero attached hydrogens (tertiary/aromatic N) is 1. The topological polar surface area (TPSA) is 3.88 Å². The molecule has 1 aromatic heterocycles. The van der Waals surface area contributed by atoms with Crippen LogP contribution in [0.4, 0.5) is 0 Å². The van der Waals surface area contributed by atoms with E-state index in [-0.39, 0.29) is 0 Å². The maximum Gasteiger partial charge on any atom is 0.181 e. The van der Waals surface area contributed by atoms with Crippen molar-refractivity contribution >= 4 is 0 Å². The number of hydrogen-bond donors (Lipinski definition) is 0. The second kappa shape index (κ2) is 11.9. The van der Waals surface area contributed by atoms with E-state index in [1.807, 2.05) is 0 Å². The van der Waals surface area contributed by atoms with Gasteiger partial charge in [-0.3, -0.25) is 0 Å². The first-order valence-electron chi connectivity index (χ1n) is 8.85. The third-order valence-electron chi connectivity index (χ3n) is 4.16. The Hall–Kier alpha value is -0.850. The van der Waals surface area contributed by atoms with Crippen LogP contribution in [0, 0.1) is 0 Å². The number of unbranched alkanes of at least 4 members (excludes halogenated alkanes) is 9. The van der Waals surface area contributed by atoms with Crippen molar-refractivity contribution in [2.45, 2.75) is 91.0 Å². The third kappa shape index (κ3) is 7.67. The summed E-state index contributed by atoms with van der Waals surface area (Å²) in [7, 11) is 0. The van der Waals surface area contributed by atoms with Crippen LogP contribution in [-0.4, -0.2) is 0 Å². The van der Waals surface area contributed by atoms with Crippen LogP contribution in [0.3, 0.4) is 0 Å². The van der Waals surface area contributed by atoms with Gasteiger partial charge in [0.2, 0.25) is 0 Å². The summed E-state index contributed by atoms with van der Waals surface area (Å²) in [6.45, 7) is 5.60. The molecular weight excluding hydrogens is 242 g/mol. The zero-order valence-corrected chi connectivity index (χ0v) is 13.7. The normalized spacial score (nSPS) is 10.9. The molecule has 0 radical (unpaired) electrons. The SMILES string of the molecule is CCCCCCCCCCCCc1cccc[n+]1CC. The quantitative estimate of drug-likeness (QED) is 0.353. The Morgan fingerprint density at radius 3 is 1.95 bits per heavy atom. The van der Waals surface area contributed by atoms with Crippen LogP contribution in [0.1, 0.15) is 83.7 Å². The molecule has 1 aromatic rings. The van der Waals surface area contributed by atoms with Crippen molar-refractivity contribution in [1.29, 1.82) is 0 Å². The van der Waals surface area contributed by atoms with Gasteiger partial charge < -0.3 is 0 Å². The van der Waals surface area contributed by atoms with Gasteiger partial charge in [-0.1, -0.05) is 70.8 Å². The molecule has 20 heavy (non-hydrogen) atoms. The first kappa shape index (κ1) is 17.2. The molecule has 0 aliphatic rings. The van der Waals surface area contributed by atoms with Gasteiger partial charge in [-0.05, 0) is 13.3 Å². The summed E-state index contributed by atoms with van der Waals surface area (Å²) in [5, 5.41) is 0. The zero-order chi connectivity index (χ0) is 14.5. The molecule has 114 valence electrons. The van der Waals surface area contributed by atoms with Crippen molar-refractivity contribution in [2.24, 2.45) is 0 Å². The van der Waals surface area contributed by atoms with Gasteiger partial charge in [0, 0.05) is 18.6 Å². The van der Waals surface area contributed by atoms with E-state index in [9.17, 15) is 0 Å². The summed E-state index contributed by atoms with van der Waals surface area (Å²) < 4.78 is 2.37. The van der Waals surface area contributed by atoms with Gasteiger partial charge in [-0.2, -0.15) is 0 Å². The molecule has 0 amide bonds. The van der Waals surface area contributed by atoms with Gasteiger partial charge in [0.25, 0.3) is 0 Å². The largest absolute Gasteiger partial charge is 0.203 e. The van der Waals surface area contributed by atoms with Crippen molar-refractivity contribution in [2.75, 3.05) is 0 Å². The van der Waals surface area contributed by atoms with Crippen molar-refractivity contribution < 1.29 is 4.57 Å². The average Bonchev–Trinajstić information content (AvgIpc) is 2.49. The lowest BCUT2D eigenvalue weighted by atomic mass is 10.1. The predicted octanol–water partition coefficient (Wildman–Crippen LogP) is 5.46. The monoisotopic (exact) mass is 276 g/mol. The number of aryl methyl sites for hydroxylation is 2. The Morgan fingerprint density at radius 2 is 1.35 bits per heavy atom. The molecule has 0 saturated heterocycles. The Kier molecular flexibility index (Phi) is 10.3. The summed E-state index contributed by atoms with van der Waals surface area (Å²) in [5.41, 5.74) is 1.49. The molecule has 0 aliphatic carbocycles. The first-order valence-corrected chi connectivity index (χ1v) is 8.85. The lowest BCUT2D eigenvalue weighted by Gasteiger charge is -2.03. The van der Waals surface area contributed by atoms with E-state index in [1.165, 1.54) is 76.3 Å². The van der Waals surface area contributed by atoms with Gasteiger partial charge in [-0.25, -0.2) is 4.57 Å². The van der Waals surface area contributed by atoms with E-state index < -0.39 is 0 Å². The van der Waals surface area contributed by atoms with Crippen molar-refractivity contribution in [3.63, 3.8) is 0 Å². The summed E-state index contributed by atoms with van der Waals surface area (Å²) in [6.07, 6.45) is 17.6. The van der Waals surface area contributed by atoms with Crippen LogP contribution in [0.5, 0.6) is 0 Å². The maximum atomic E-state index is 2.37. The minimum atomic E-state index is 1.09. The van der Waals surface area contributed by atoms with Crippen LogP contribution >= 0.6 is 0 Å². The molecule has 1 nitrogen and oxygen atoms in total. The Morgan fingerprint density at radius 1 is 0.750 bits per heavy atom. The van der Waals surface area contributed by atoms with E-state index in [4.69, 9.17) is 0 Å². The highest BCUT2D eigenvalue weighted by molar-refractivity contribution is 4.97. The van der Waals surface area contributed by atoms with Crippen LogP contribution < -0.4 is 4.57 Å². The van der Waals surface area contributed by atoms with E-state index in [0.29, 0.717) is 0 Å². The van der Waals surface area contributed by atoms with Crippen molar-refractivity contribution in [3.05, 3.63) is 30.1 Å². The van der Waals surface area contributed by atoms with Crippen LogP contribution in [0.2, 0.25) is 0 Å². The van der Waals surface area contributed by atoms with E-state index in [2.05, 4.69) is 42.8 Å². The molecule has 0 aliphatic heterocycles. The first-order chi connectivity index (χ1) is 9.88. The molecule has 0 saturated carbocycles. The van der Waals surface area contributed by atoms with Gasteiger partial charge in [0.15, 0.2) is 11.9 Å². The third-order valence-corrected chi connectivity index (χ3v) is 4.16. The zero-order valence-electron chi connectivity index (χ0n) is 13.7. The molecule has 0 spiro atoms. The van der Waals surface area contributed by atoms with Crippen molar-refractivity contribution in [3.8, 4) is 0 Å². The fourth-order valence-corrected chi connectivity index (χ4v) is 2.84. The van der Waals surface area contributed by atoms with Crippen LogP contribution in [-0.2, 0) is 13.0 Å². The van der Waals surface area contributed by atoms with Gasteiger partial charge in [-0.15, -0.1) is 0 Å². The van der Waals surface area contributed by atoms with Gasteiger partial charge in [0.05, 0.1) is 0 Å². The Bertz CT molecular complexity index is 332. The van der Waals surface area contributed by atoms with E-state index in [1.54, 1.807) is 0 Å². The highest BCUT2D eigenvalue weighted by Crippen LogP contribution is 2.11. The fourth-order valence-electron chi connectivity index (χ4n) is 2.84. The summed E-state index contributed by atoms with van der Waals surface area (Å²) in [6, 6.07) is 6.57. The summed E-state index contributed by atoms with van der Waals surface area (Å²) in [5.74, 6) is 0. The molecule has 0 N–H and O–H groups in total. The number of aromatic nitrogens is 1. The molecule has 1 rings (SSSR count). The second-order valence-electron chi connectivity index (χ2n) is 5.91. The van der Waals surface area contributed by atoms with E-state index in [0.717, 1.165) is 6.54 Å². The molecule has 0 unspecified atom stereocenters. The van der Waals surface area contributed by atoms with Gasteiger partial charge >= 0.3 is 0 Å². The average molecular weight is 276 g/mol. The smallest absolute Gasteiger partial charge is 0.181 e. The lowest BCUT2D eigenvalue weighted by Crippen LogP contribution is -2.36.